The van der Waals surface area contributed by atoms with Gasteiger partial charge in [0.05, 0.1) is 25.4 Å². The lowest BCUT2D eigenvalue weighted by atomic mass is 9.99. The molecule has 1 aliphatic rings. The number of unbranched alkanes of at least 4 members (excludes halogenated alkanes) is 28. The van der Waals surface area contributed by atoms with Crippen molar-refractivity contribution in [1.29, 1.82) is 0 Å². The number of carbonyl (C=O) groups is 1. The number of aliphatic hydroxyl groups excluding tert-OH is 5. The van der Waals surface area contributed by atoms with Crippen molar-refractivity contribution in [2.24, 2.45) is 0 Å². The fourth-order valence-electron chi connectivity index (χ4n) is 7.62. The van der Waals surface area contributed by atoms with Crippen molar-refractivity contribution in [3.63, 3.8) is 0 Å². The predicted molar refractivity (Wildman–Crippen MR) is 235 cm³/mol. The SMILES string of the molecule is CCCCCCCC/C=C/CCCCCCCCCCCCCCCC(=O)N[C@@H](CO[C@H]1O[C@@H](CO)[C@H](O)C(O)C1O)[C@H](O)/C=C/CCCCCCCCCCC. The van der Waals surface area contributed by atoms with E-state index in [0.29, 0.717) is 6.42 Å². The van der Waals surface area contributed by atoms with Gasteiger partial charge in [-0.1, -0.05) is 192 Å². The van der Waals surface area contributed by atoms with E-state index in [0.717, 1.165) is 38.5 Å². The number of allylic oxidation sites excluding steroid dienone is 3. The molecule has 57 heavy (non-hydrogen) atoms. The van der Waals surface area contributed by atoms with Gasteiger partial charge in [0.1, 0.15) is 24.4 Å². The Hall–Kier alpha value is -1.33. The van der Waals surface area contributed by atoms with Gasteiger partial charge in [0, 0.05) is 6.42 Å². The summed E-state index contributed by atoms with van der Waals surface area (Å²) >= 11 is 0. The summed E-state index contributed by atoms with van der Waals surface area (Å²) in [6, 6.07) is -0.800. The summed E-state index contributed by atoms with van der Waals surface area (Å²) in [6.45, 7) is 3.76. The topological polar surface area (TPSA) is 149 Å². The first-order valence-corrected chi connectivity index (χ1v) is 24.1. The Bertz CT molecular complexity index is 945. The van der Waals surface area contributed by atoms with Crippen molar-refractivity contribution in [2.45, 2.75) is 262 Å². The molecule has 6 N–H and O–H groups in total. The van der Waals surface area contributed by atoms with Gasteiger partial charge >= 0.3 is 0 Å². The zero-order valence-electron chi connectivity index (χ0n) is 36.9. The second-order valence-electron chi connectivity index (χ2n) is 16.9. The van der Waals surface area contributed by atoms with Crippen molar-refractivity contribution in [2.75, 3.05) is 13.2 Å². The lowest BCUT2D eigenvalue weighted by molar-refractivity contribution is -0.302. The predicted octanol–water partition coefficient (Wildman–Crippen LogP) is 10.3. The van der Waals surface area contributed by atoms with Crippen LogP contribution in [0.1, 0.15) is 219 Å². The van der Waals surface area contributed by atoms with E-state index in [-0.39, 0.29) is 12.5 Å². The second-order valence-corrected chi connectivity index (χ2v) is 16.9. The molecule has 1 aliphatic heterocycles. The number of aliphatic hydroxyl groups is 5. The zero-order valence-corrected chi connectivity index (χ0v) is 36.9. The third-order valence-corrected chi connectivity index (χ3v) is 11.5. The summed E-state index contributed by atoms with van der Waals surface area (Å²) in [6.07, 6.45) is 39.4. The fraction of sp³-hybridized carbons (Fsp3) is 0.896. The molecule has 0 bridgehead atoms. The highest BCUT2D eigenvalue weighted by atomic mass is 16.7. The molecule has 1 amide bonds. The van der Waals surface area contributed by atoms with Gasteiger partial charge in [-0.2, -0.15) is 0 Å². The third-order valence-electron chi connectivity index (χ3n) is 11.5. The number of amides is 1. The molecule has 0 spiro atoms. The van der Waals surface area contributed by atoms with Gasteiger partial charge in [-0.3, -0.25) is 4.79 Å². The van der Waals surface area contributed by atoms with Crippen molar-refractivity contribution < 1.29 is 39.8 Å². The zero-order chi connectivity index (χ0) is 41.6. The average Bonchev–Trinajstić information content (AvgIpc) is 3.21. The molecular weight excluding hydrogens is 719 g/mol. The van der Waals surface area contributed by atoms with Crippen molar-refractivity contribution in [3.8, 4) is 0 Å². The van der Waals surface area contributed by atoms with Crippen LogP contribution in [-0.2, 0) is 14.3 Å². The molecule has 0 saturated carbocycles. The normalized spacial score (nSPS) is 21.1. The molecule has 1 saturated heterocycles. The molecule has 1 heterocycles. The molecule has 0 aromatic rings. The van der Waals surface area contributed by atoms with Crippen molar-refractivity contribution in [1.82, 2.24) is 5.32 Å². The first-order valence-electron chi connectivity index (χ1n) is 24.1. The number of rotatable bonds is 40. The molecular formula is C48H91NO8. The van der Waals surface area contributed by atoms with Gasteiger partial charge in [0.15, 0.2) is 6.29 Å². The molecule has 9 heteroatoms. The second kappa shape index (κ2) is 38.8. The van der Waals surface area contributed by atoms with Gasteiger partial charge < -0.3 is 40.3 Å². The quantitative estimate of drug-likeness (QED) is 0.0265. The minimum atomic E-state index is -1.56. The van der Waals surface area contributed by atoms with E-state index in [1.807, 2.05) is 6.08 Å². The van der Waals surface area contributed by atoms with E-state index in [1.165, 1.54) is 161 Å². The highest BCUT2D eigenvalue weighted by molar-refractivity contribution is 5.76. The third kappa shape index (κ3) is 29.5. The van der Waals surface area contributed by atoms with Crippen LogP contribution < -0.4 is 5.32 Å². The summed E-state index contributed by atoms with van der Waals surface area (Å²) in [7, 11) is 0. The van der Waals surface area contributed by atoms with E-state index >= 15 is 0 Å². The lowest BCUT2D eigenvalue weighted by Crippen LogP contribution is -2.60. The summed E-state index contributed by atoms with van der Waals surface area (Å²) in [5.41, 5.74) is 0. The van der Waals surface area contributed by atoms with Crippen LogP contribution >= 0.6 is 0 Å². The Morgan fingerprint density at radius 1 is 0.579 bits per heavy atom. The summed E-state index contributed by atoms with van der Waals surface area (Å²) in [5, 5.41) is 54.1. The molecule has 9 nitrogen and oxygen atoms in total. The highest BCUT2D eigenvalue weighted by Gasteiger charge is 2.44. The average molecular weight is 810 g/mol. The molecule has 0 radical (unpaired) electrons. The lowest BCUT2D eigenvalue weighted by Gasteiger charge is -2.40. The Kier molecular flexibility index (Phi) is 36.6. The van der Waals surface area contributed by atoms with E-state index in [1.54, 1.807) is 6.08 Å². The first-order chi connectivity index (χ1) is 27.8. The van der Waals surface area contributed by atoms with Crippen LogP contribution in [0.4, 0.5) is 0 Å². The molecule has 1 fully saturated rings. The number of hydrogen-bond acceptors (Lipinski definition) is 8. The summed E-state index contributed by atoms with van der Waals surface area (Å²) in [5.74, 6) is -0.177. The maximum Gasteiger partial charge on any atom is 0.220 e. The number of ether oxygens (including phenoxy) is 2. The molecule has 0 aromatic carbocycles. The smallest absolute Gasteiger partial charge is 0.220 e. The van der Waals surface area contributed by atoms with Crippen LogP contribution in [-0.4, -0.2) is 87.5 Å². The van der Waals surface area contributed by atoms with E-state index in [9.17, 15) is 30.3 Å². The summed E-state index contributed by atoms with van der Waals surface area (Å²) < 4.78 is 11.2. The Balaban J connectivity index is 2.25. The maximum atomic E-state index is 13.0. The van der Waals surface area contributed by atoms with Crippen LogP contribution in [0.5, 0.6) is 0 Å². The number of hydrogen-bond donors (Lipinski definition) is 6. The van der Waals surface area contributed by atoms with Crippen molar-refractivity contribution >= 4 is 5.91 Å². The monoisotopic (exact) mass is 810 g/mol. The molecule has 0 aliphatic carbocycles. The number of nitrogens with one attached hydrogen (secondary N) is 1. The highest BCUT2D eigenvalue weighted by Crippen LogP contribution is 2.23. The standard InChI is InChI=1S/C48H91NO8/c1-3-5-7-9-11-13-15-16-17-18-19-20-21-22-23-24-25-26-28-30-32-34-36-38-44(52)49-41(40-56-48-47(55)46(54)45(53)43(39-50)57-48)42(51)37-35-33-31-29-27-14-12-10-8-6-4-2/h16-17,35,37,41-43,45-48,50-51,53-55H,3-15,18-34,36,38-40H2,1-2H3,(H,49,52)/b17-16+,37-35+/t41-,42+,43-,45-,46?,47?,48-/m0/s1. The Morgan fingerprint density at radius 3 is 1.42 bits per heavy atom. The minimum absolute atomic E-state index is 0.177. The van der Waals surface area contributed by atoms with Gasteiger partial charge in [-0.05, 0) is 44.9 Å². The molecule has 7 atom stereocenters. The molecule has 0 aromatic heterocycles. The van der Waals surface area contributed by atoms with Crippen LogP contribution in [0, 0.1) is 0 Å². The summed E-state index contributed by atoms with van der Waals surface area (Å²) in [4.78, 5) is 13.0. The molecule has 2 unspecified atom stereocenters. The Labute approximate surface area is 349 Å². The fourth-order valence-corrected chi connectivity index (χ4v) is 7.62. The van der Waals surface area contributed by atoms with Crippen molar-refractivity contribution in [3.05, 3.63) is 24.3 Å². The van der Waals surface area contributed by atoms with Crippen LogP contribution in [0.15, 0.2) is 24.3 Å². The first kappa shape index (κ1) is 53.7. The van der Waals surface area contributed by atoms with E-state index in [4.69, 9.17) is 9.47 Å². The van der Waals surface area contributed by atoms with Gasteiger partial charge in [0.25, 0.3) is 0 Å². The van der Waals surface area contributed by atoms with Gasteiger partial charge in [0.2, 0.25) is 5.91 Å². The van der Waals surface area contributed by atoms with E-state index in [2.05, 4.69) is 31.3 Å². The van der Waals surface area contributed by atoms with Gasteiger partial charge in [-0.25, -0.2) is 0 Å². The minimum Gasteiger partial charge on any atom is -0.394 e. The largest absolute Gasteiger partial charge is 0.394 e. The maximum absolute atomic E-state index is 13.0. The number of carbonyl (C=O) groups excluding carboxylic acids is 1. The Morgan fingerprint density at radius 2 is 0.982 bits per heavy atom. The van der Waals surface area contributed by atoms with Crippen LogP contribution in [0.2, 0.25) is 0 Å². The van der Waals surface area contributed by atoms with E-state index < -0.39 is 49.5 Å². The molecule has 336 valence electrons. The van der Waals surface area contributed by atoms with Crippen LogP contribution in [0.25, 0.3) is 0 Å². The van der Waals surface area contributed by atoms with Gasteiger partial charge in [-0.15, -0.1) is 0 Å². The van der Waals surface area contributed by atoms with Crippen LogP contribution in [0.3, 0.4) is 0 Å². The molecule has 1 rings (SSSR count).